The molecule has 5 heteroatoms. The van der Waals surface area contributed by atoms with E-state index in [1.807, 2.05) is 0 Å². The molecule has 3 aliphatic rings. The van der Waals surface area contributed by atoms with E-state index >= 15 is 0 Å². The molecule has 3 aliphatic heterocycles. The third kappa shape index (κ3) is 4.58. The van der Waals surface area contributed by atoms with Crippen molar-refractivity contribution in [1.82, 2.24) is 0 Å². The smallest absolute Gasteiger partial charge is 0.333 e. The second-order valence-electron chi connectivity index (χ2n) is 18.8. The first-order valence-corrected chi connectivity index (χ1v) is 22.4. The molecule has 0 aliphatic carbocycles. The van der Waals surface area contributed by atoms with Gasteiger partial charge in [-0.1, -0.05) is 166 Å². The van der Waals surface area contributed by atoms with Crippen LogP contribution in [0.2, 0.25) is 0 Å². The fourth-order valence-corrected chi connectivity index (χ4v) is 11.7. The largest absolute Gasteiger partial charge is 0.456 e. The first kappa shape index (κ1) is 35.8. The summed E-state index contributed by atoms with van der Waals surface area (Å²) in [5.74, 6) is 0. The summed E-state index contributed by atoms with van der Waals surface area (Å²) in [6.45, 7) is 6.65. The lowest BCUT2D eigenvalue weighted by Gasteiger charge is -2.52. The second kappa shape index (κ2) is 12.7. The zero-order valence-electron chi connectivity index (χ0n) is 35.8. The molecule has 2 aromatic heterocycles. The monoisotopic (exact) mass is 820 g/mol. The van der Waals surface area contributed by atoms with Crippen LogP contribution < -0.4 is 20.6 Å². The van der Waals surface area contributed by atoms with Gasteiger partial charge >= 0.3 is 6.85 Å². The summed E-state index contributed by atoms with van der Waals surface area (Å²) in [5.41, 5.74) is 19.6. The number of para-hydroxylation sites is 4. The molecule has 14 rings (SSSR count). The average molecular weight is 821 g/mol. The minimum absolute atomic E-state index is 0.00230. The van der Waals surface area contributed by atoms with Crippen molar-refractivity contribution in [2.75, 3.05) is 9.71 Å². The summed E-state index contributed by atoms with van der Waals surface area (Å²) >= 11 is 0. The quantitative estimate of drug-likeness (QED) is 0.166. The highest BCUT2D eigenvalue weighted by Crippen LogP contribution is 2.60. The molecule has 0 amide bonds. The molecule has 4 nitrogen and oxygen atoms in total. The summed E-state index contributed by atoms with van der Waals surface area (Å²) < 4.78 is 13.9. The minimum Gasteiger partial charge on any atom is -0.456 e. The van der Waals surface area contributed by atoms with Crippen molar-refractivity contribution in [1.29, 1.82) is 0 Å². The lowest BCUT2D eigenvalue weighted by molar-refractivity contribution is 0.590. The predicted octanol–water partition coefficient (Wildman–Crippen LogP) is 14.2. The van der Waals surface area contributed by atoms with E-state index in [0.717, 1.165) is 72.2 Å². The van der Waals surface area contributed by atoms with Gasteiger partial charge in [0, 0.05) is 44.2 Å². The van der Waals surface area contributed by atoms with Gasteiger partial charge in [-0.3, -0.25) is 0 Å². The Morgan fingerprint density at radius 2 is 1.09 bits per heavy atom. The lowest BCUT2D eigenvalue weighted by Crippen LogP contribution is -2.62. The Morgan fingerprint density at radius 3 is 1.81 bits per heavy atom. The fourth-order valence-electron chi connectivity index (χ4n) is 11.7. The van der Waals surface area contributed by atoms with Crippen molar-refractivity contribution in [3.8, 4) is 11.1 Å². The molecule has 0 unspecified atom stereocenters. The number of anilines is 5. The molecule has 0 saturated carbocycles. The van der Waals surface area contributed by atoms with Crippen LogP contribution >= 0.6 is 0 Å². The van der Waals surface area contributed by atoms with Crippen LogP contribution in [0.15, 0.2) is 203 Å². The molecule has 0 atom stereocenters. The maximum atomic E-state index is 7.18. The molecule has 5 heterocycles. The molecular formula is C59H41BN2O2. The maximum Gasteiger partial charge on any atom is 0.333 e. The van der Waals surface area contributed by atoms with Crippen molar-refractivity contribution in [3.05, 3.63) is 222 Å². The van der Waals surface area contributed by atoms with Crippen molar-refractivity contribution >= 4 is 90.1 Å². The van der Waals surface area contributed by atoms with E-state index < -0.39 is 5.41 Å². The van der Waals surface area contributed by atoms with Gasteiger partial charge in [-0.2, -0.15) is 0 Å². The third-order valence-corrected chi connectivity index (χ3v) is 14.4. The third-order valence-electron chi connectivity index (χ3n) is 14.4. The second-order valence-corrected chi connectivity index (χ2v) is 18.8. The Bertz CT molecular complexity index is 3690. The number of furan rings is 2. The number of benzene rings is 9. The topological polar surface area (TPSA) is 32.8 Å². The van der Waals surface area contributed by atoms with Gasteiger partial charge in [-0.25, -0.2) is 0 Å². The number of hydrogen-bond acceptors (Lipinski definition) is 4. The summed E-state index contributed by atoms with van der Waals surface area (Å²) in [5, 5.41) is 4.43. The summed E-state index contributed by atoms with van der Waals surface area (Å²) in [7, 11) is 0. The van der Waals surface area contributed by atoms with Gasteiger partial charge in [0.25, 0.3) is 0 Å². The normalized spacial score (nSPS) is 14.5. The molecule has 0 saturated heterocycles. The predicted molar refractivity (Wildman–Crippen MR) is 265 cm³/mol. The van der Waals surface area contributed by atoms with Gasteiger partial charge in [0.05, 0.1) is 16.8 Å². The van der Waals surface area contributed by atoms with Gasteiger partial charge in [-0.05, 0) is 98.3 Å². The van der Waals surface area contributed by atoms with E-state index in [1.54, 1.807) is 0 Å². The molecule has 0 fully saturated rings. The average Bonchev–Trinajstić information content (AvgIpc) is 3.90. The molecule has 0 bridgehead atoms. The standard InChI is InChI=1S/C59H41BN2O2/c1-58(2,3)36-29-31-39(32-30-36)62-50-34-43-40-21-10-14-27-51(40)63-53(43)35-42(50)44-33-45-41-22-11-15-28-52(41)64-57(45)56-54(44)60(62)48-25-16-24-47-55(48)61(56)49-26-13-12-23-46(49)59(47,37-17-6-4-7-18-37)38-19-8-5-9-20-38/h4-35H,1-3H3. The van der Waals surface area contributed by atoms with Crippen LogP contribution in [0.3, 0.4) is 0 Å². The van der Waals surface area contributed by atoms with Gasteiger partial charge in [0.1, 0.15) is 16.7 Å². The lowest BCUT2D eigenvalue weighted by atomic mass is 9.42. The molecule has 11 aromatic rings. The first-order valence-electron chi connectivity index (χ1n) is 22.4. The molecule has 0 radical (unpaired) electrons. The van der Waals surface area contributed by atoms with Gasteiger partial charge in [0.15, 0.2) is 5.58 Å². The molecule has 0 N–H and O–H groups in total. The number of rotatable bonds is 3. The Balaban J connectivity index is 1.18. The first-order chi connectivity index (χ1) is 31.4. The number of fused-ring (bicyclic) bond motifs is 13. The Morgan fingerprint density at radius 1 is 0.469 bits per heavy atom. The van der Waals surface area contributed by atoms with Crippen LogP contribution in [0.5, 0.6) is 0 Å². The van der Waals surface area contributed by atoms with Gasteiger partial charge in [0.2, 0.25) is 0 Å². The van der Waals surface area contributed by atoms with Crippen molar-refractivity contribution in [2.45, 2.75) is 31.6 Å². The van der Waals surface area contributed by atoms with Crippen LogP contribution in [0.4, 0.5) is 28.4 Å². The molecule has 0 spiro atoms. The zero-order valence-corrected chi connectivity index (χ0v) is 35.8. The summed E-state index contributed by atoms with van der Waals surface area (Å²) in [4.78, 5) is 5.18. The highest BCUT2D eigenvalue weighted by Gasteiger charge is 2.54. The van der Waals surface area contributed by atoms with Crippen LogP contribution in [0.1, 0.15) is 48.6 Å². The van der Waals surface area contributed by atoms with Crippen molar-refractivity contribution in [2.24, 2.45) is 0 Å². The van der Waals surface area contributed by atoms with E-state index in [9.17, 15) is 0 Å². The van der Waals surface area contributed by atoms with Crippen LogP contribution in [-0.4, -0.2) is 6.85 Å². The van der Waals surface area contributed by atoms with E-state index in [-0.39, 0.29) is 12.3 Å². The highest BCUT2D eigenvalue weighted by atomic mass is 16.3. The van der Waals surface area contributed by atoms with E-state index in [2.05, 4.69) is 225 Å². The Kier molecular flexibility index (Phi) is 7.09. The van der Waals surface area contributed by atoms with E-state index in [1.165, 1.54) is 50.0 Å². The highest BCUT2D eigenvalue weighted by molar-refractivity contribution is 6.94. The maximum absolute atomic E-state index is 7.18. The molecule has 9 aromatic carbocycles. The van der Waals surface area contributed by atoms with Crippen LogP contribution in [0, 0.1) is 0 Å². The minimum atomic E-state index is -0.628. The summed E-state index contributed by atoms with van der Waals surface area (Å²) in [6.07, 6.45) is 0. The van der Waals surface area contributed by atoms with E-state index in [0.29, 0.717) is 0 Å². The Hall–Kier alpha value is -7.76. The van der Waals surface area contributed by atoms with E-state index in [4.69, 9.17) is 8.83 Å². The fraction of sp³-hybridized carbons (Fsp3) is 0.0847. The molecular weight excluding hydrogens is 779 g/mol. The number of hydrogen-bond donors (Lipinski definition) is 0. The SMILES string of the molecule is CC(C)(C)c1ccc(N2B3c4cccc5c4N(c4ccccc4C5(c4ccccc4)c4ccccc4)c4c3c(cc3c4oc4ccccc43)-c3cc4oc5ccccc5c4cc32)cc1. The van der Waals surface area contributed by atoms with Crippen molar-refractivity contribution < 1.29 is 8.83 Å². The van der Waals surface area contributed by atoms with Crippen LogP contribution in [-0.2, 0) is 10.8 Å². The van der Waals surface area contributed by atoms with Gasteiger partial charge in [-0.15, -0.1) is 0 Å². The number of nitrogens with zero attached hydrogens (tertiary/aromatic N) is 2. The van der Waals surface area contributed by atoms with Gasteiger partial charge < -0.3 is 18.5 Å². The molecule has 302 valence electrons. The molecule has 64 heavy (non-hydrogen) atoms. The zero-order chi connectivity index (χ0) is 42.5. The summed E-state index contributed by atoms with van der Waals surface area (Å²) in [6, 6.07) is 71.7. The van der Waals surface area contributed by atoms with Crippen molar-refractivity contribution in [3.63, 3.8) is 0 Å². The van der Waals surface area contributed by atoms with Crippen LogP contribution in [0.25, 0.3) is 55.0 Å². The Labute approximate surface area is 371 Å².